The van der Waals surface area contributed by atoms with Gasteiger partial charge >= 0.3 is 0 Å². The summed E-state index contributed by atoms with van der Waals surface area (Å²) in [5.74, 6) is 0.956. The molecule has 3 rings (SSSR count). The van der Waals surface area contributed by atoms with Crippen LogP contribution in [-0.2, 0) is 11.2 Å². The lowest BCUT2D eigenvalue weighted by Crippen LogP contribution is -2.54. The Morgan fingerprint density at radius 2 is 1.89 bits per heavy atom. The molecule has 0 aliphatic carbocycles. The highest BCUT2D eigenvalue weighted by Gasteiger charge is 2.25. The molecule has 1 fully saturated rings. The summed E-state index contributed by atoms with van der Waals surface area (Å²) >= 11 is 0. The van der Waals surface area contributed by atoms with Crippen LogP contribution in [0.15, 0.2) is 48.7 Å². The lowest BCUT2D eigenvalue weighted by molar-refractivity contribution is -0.125. The Bertz CT molecular complexity index is 713. The molecule has 0 radical (unpaired) electrons. The van der Waals surface area contributed by atoms with Gasteiger partial charge in [0.05, 0.1) is 13.2 Å². The number of carbonyl (C=O) groups is 1. The van der Waals surface area contributed by atoms with Crippen LogP contribution in [0.25, 0.3) is 0 Å². The summed E-state index contributed by atoms with van der Waals surface area (Å²) in [5, 5.41) is 3.04. The summed E-state index contributed by atoms with van der Waals surface area (Å²) in [6.07, 6.45) is 2.53. The van der Waals surface area contributed by atoms with Crippen LogP contribution in [0.1, 0.15) is 12.6 Å². The van der Waals surface area contributed by atoms with Gasteiger partial charge in [0.15, 0.2) is 0 Å². The number of rotatable bonds is 7. The molecule has 27 heavy (non-hydrogen) atoms. The predicted molar refractivity (Wildman–Crippen MR) is 107 cm³/mol. The van der Waals surface area contributed by atoms with Crippen molar-refractivity contribution in [1.82, 2.24) is 15.2 Å². The third-order valence-corrected chi connectivity index (χ3v) is 5.09. The van der Waals surface area contributed by atoms with Crippen LogP contribution in [0.2, 0.25) is 0 Å². The summed E-state index contributed by atoms with van der Waals surface area (Å²) in [4.78, 5) is 21.3. The van der Waals surface area contributed by atoms with Crippen molar-refractivity contribution >= 4 is 11.6 Å². The van der Waals surface area contributed by atoms with Crippen molar-refractivity contribution in [1.29, 1.82) is 0 Å². The van der Waals surface area contributed by atoms with E-state index in [0.29, 0.717) is 6.54 Å². The Kier molecular flexibility index (Phi) is 6.65. The minimum Gasteiger partial charge on any atom is -0.497 e. The van der Waals surface area contributed by atoms with E-state index in [1.165, 1.54) is 5.69 Å². The number of aromatic nitrogens is 1. The lowest BCUT2D eigenvalue weighted by Gasteiger charge is -2.38. The molecule has 0 bridgehead atoms. The number of nitrogens with one attached hydrogen (secondary N) is 1. The van der Waals surface area contributed by atoms with E-state index in [2.05, 4.69) is 32.2 Å². The summed E-state index contributed by atoms with van der Waals surface area (Å²) in [6.45, 7) is 6.18. The molecule has 2 aromatic rings. The SMILES string of the molecule is COc1ccc(N2CCN([C@H](C)C(=O)NCCc3ccccn3)CC2)cc1. The summed E-state index contributed by atoms with van der Waals surface area (Å²) in [5.41, 5.74) is 2.20. The third kappa shape index (κ3) is 5.20. The zero-order chi connectivity index (χ0) is 19.1. The summed E-state index contributed by atoms with van der Waals surface area (Å²) in [7, 11) is 1.68. The molecule has 0 saturated carbocycles. The van der Waals surface area contributed by atoms with Gasteiger partial charge in [-0.3, -0.25) is 14.7 Å². The lowest BCUT2D eigenvalue weighted by atomic mass is 10.2. The molecule has 6 heteroatoms. The third-order valence-electron chi connectivity index (χ3n) is 5.09. The first-order valence-corrected chi connectivity index (χ1v) is 9.48. The fourth-order valence-electron chi connectivity index (χ4n) is 3.33. The predicted octanol–water partition coefficient (Wildman–Crippen LogP) is 1.96. The van der Waals surface area contributed by atoms with Crippen molar-refractivity contribution in [3.05, 3.63) is 54.4 Å². The number of carbonyl (C=O) groups excluding carboxylic acids is 1. The van der Waals surface area contributed by atoms with Crippen LogP contribution in [0.4, 0.5) is 5.69 Å². The van der Waals surface area contributed by atoms with E-state index < -0.39 is 0 Å². The normalized spacial score (nSPS) is 16.0. The van der Waals surface area contributed by atoms with Crippen LogP contribution >= 0.6 is 0 Å². The molecular weight excluding hydrogens is 340 g/mol. The Balaban J connectivity index is 1.43. The van der Waals surface area contributed by atoms with Gasteiger partial charge in [0.2, 0.25) is 5.91 Å². The number of ether oxygens (including phenoxy) is 1. The highest BCUT2D eigenvalue weighted by atomic mass is 16.5. The van der Waals surface area contributed by atoms with E-state index in [-0.39, 0.29) is 11.9 Å². The van der Waals surface area contributed by atoms with Crippen molar-refractivity contribution < 1.29 is 9.53 Å². The number of hydrogen-bond donors (Lipinski definition) is 1. The summed E-state index contributed by atoms with van der Waals surface area (Å²) < 4.78 is 5.22. The molecule has 1 aliphatic rings. The van der Waals surface area contributed by atoms with Crippen LogP contribution in [0, 0.1) is 0 Å². The van der Waals surface area contributed by atoms with E-state index in [0.717, 1.165) is 44.0 Å². The highest BCUT2D eigenvalue weighted by molar-refractivity contribution is 5.81. The molecule has 1 aromatic carbocycles. The molecule has 1 aliphatic heterocycles. The molecule has 1 aromatic heterocycles. The molecule has 1 atom stereocenters. The second-order valence-electron chi connectivity index (χ2n) is 6.76. The second kappa shape index (κ2) is 9.37. The smallest absolute Gasteiger partial charge is 0.237 e. The zero-order valence-electron chi connectivity index (χ0n) is 16.1. The molecular formula is C21H28N4O2. The fourth-order valence-corrected chi connectivity index (χ4v) is 3.33. The zero-order valence-corrected chi connectivity index (χ0v) is 16.1. The maximum absolute atomic E-state index is 12.5. The van der Waals surface area contributed by atoms with E-state index in [1.54, 1.807) is 13.3 Å². The van der Waals surface area contributed by atoms with Crippen molar-refractivity contribution in [2.75, 3.05) is 44.7 Å². The molecule has 144 valence electrons. The Hall–Kier alpha value is -2.60. The first-order chi connectivity index (χ1) is 13.2. The van der Waals surface area contributed by atoms with E-state index in [1.807, 2.05) is 37.3 Å². The number of methoxy groups -OCH3 is 1. The molecule has 1 amide bonds. The summed E-state index contributed by atoms with van der Waals surface area (Å²) in [6, 6.07) is 13.9. The van der Waals surface area contributed by atoms with Gasteiger partial charge in [-0.25, -0.2) is 0 Å². The van der Waals surface area contributed by atoms with Crippen molar-refractivity contribution in [3.63, 3.8) is 0 Å². The van der Waals surface area contributed by atoms with Gasteiger partial charge in [-0.2, -0.15) is 0 Å². The number of piperazine rings is 1. The Labute approximate surface area is 161 Å². The number of anilines is 1. The number of hydrogen-bond acceptors (Lipinski definition) is 5. The van der Waals surface area contributed by atoms with E-state index in [9.17, 15) is 4.79 Å². The van der Waals surface area contributed by atoms with Gasteiger partial charge in [0.25, 0.3) is 0 Å². The monoisotopic (exact) mass is 368 g/mol. The average Bonchev–Trinajstić information content (AvgIpc) is 2.74. The first-order valence-electron chi connectivity index (χ1n) is 9.48. The van der Waals surface area contributed by atoms with E-state index >= 15 is 0 Å². The molecule has 1 saturated heterocycles. The van der Waals surface area contributed by atoms with Gasteiger partial charge in [-0.15, -0.1) is 0 Å². The number of nitrogens with zero attached hydrogens (tertiary/aromatic N) is 3. The molecule has 1 N–H and O–H groups in total. The quantitative estimate of drug-likeness (QED) is 0.810. The van der Waals surface area contributed by atoms with Gasteiger partial charge < -0.3 is 15.0 Å². The first kappa shape index (κ1) is 19.2. The number of amides is 1. The van der Waals surface area contributed by atoms with Crippen LogP contribution in [0.5, 0.6) is 5.75 Å². The van der Waals surface area contributed by atoms with Crippen LogP contribution in [0.3, 0.4) is 0 Å². The maximum Gasteiger partial charge on any atom is 0.237 e. The molecule has 0 spiro atoms. The second-order valence-corrected chi connectivity index (χ2v) is 6.76. The van der Waals surface area contributed by atoms with Crippen molar-refractivity contribution in [2.24, 2.45) is 0 Å². The Morgan fingerprint density at radius 3 is 2.52 bits per heavy atom. The Morgan fingerprint density at radius 1 is 1.15 bits per heavy atom. The molecule has 6 nitrogen and oxygen atoms in total. The van der Waals surface area contributed by atoms with Gasteiger partial charge in [-0.05, 0) is 43.3 Å². The van der Waals surface area contributed by atoms with Crippen LogP contribution in [-0.4, -0.2) is 61.7 Å². The van der Waals surface area contributed by atoms with Crippen molar-refractivity contribution in [3.8, 4) is 5.75 Å². The van der Waals surface area contributed by atoms with Gasteiger partial charge in [0.1, 0.15) is 5.75 Å². The minimum atomic E-state index is -0.119. The van der Waals surface area contributed by atoms with Gasteiger partial charge in [0, 0.05) is 56.7 Å². The largest absolute Gasteiger partial charge is 0.497 e. The van der Waals surface area contributed by atoms with E-state index in [4.69, 9.17) is 4.74 Å². The number of benzene rings is 1. The topological polar surface area (TPSA) is 57.7 Å². The molecule has 0 unspecified atom stereocenters. The molecule has 2 heterocycles. The standard InChI is InChI=1S/C21H28N4O2/c1-17(21(26)23-12-10-18-5-3-4-11-22-18)24-13-15-25(16-14-24)19-6-8-20(27-2)9-7-19/h3-9,11,17H,10,12-16H2,1-2H3,(H,23,26)/t17-/m1/s1. The number of pyridine rings is 1. The fraction of sp³-hybridized carbons (Fsp3) is 0.429. The average molecular weight is 368 g/mol. The minimum absolute atomic E-state index is 0.0869. The van der Waals surface area contributed by atoms with Crippen molar-refractivity contribution in [2.45, 2.75) is 19.4 Å². The highest BCUT2D eigenvalue weighted by Crippen LogP contribution is 2.21. The van der Waals surface area contributed by atoms with Crippen LogP contribution < -0.4 is 15.0 Å². The maximum atomic E-state index is 12.5. The van der Waals surface area contributed by atoms with Gasteiger partial charge in [-0.1, -0.05) is 6.07 Å².